The van der Waals surface area contributed by atoms with Gasteiger partial charge in [-0.3, -0.25) is 29.6 Å². The molecule has 0 spiro atoms. The van der Waals surface area contributed by atoms with Gasteiger partial charge in [0.1, 0.15) is 0 Å². The van der Waals surface area contributed by atoms with Crippen molar-refractivity contribution in [3.8, 4) is 0 Å². The molecule has 0 aromatic heterocycles. The maximum absolute atomic E-state index is 12.0. The first-order valence-corrected chi connectivity index (χ1v) is 10.3. The summed E-state index contributed by atoms with van der Waals surface area (Å²) in [4.78, 5) is 39.9. The van der Waals surface area contributed by atoms with Crippen LogP contribution in [-0.4, -0.2) is 28.1 Å². The smallest absolute Gasteiger partial charge is 0.274 e. The summed E-state index contributed by atoms with van der Waals surface area (Å²) in [5.41, 5.74) is 5.57. The maximum atomic E-state index is 12.0. The number of hydroxylamine groups is 1. The molecule has 6 N–H and O–H groups in total. The highest BCUT2D eigenvalue weighted by atomic mass is 16.8. The number of rotatable bonds is 13. The van der Waals surface area contributed by atoms with Crippen molar-refractivity contribution in [1.29, 1.82) is 0 Å². The number of nitrogens with one attached hydrogen (secondary N) is 4. The molecule has 0 heterocycles. The minimum atomic E-state index is -0.614. The van der Waals surface area contributed by atoms with Gasteiger partial charge in [-0.25, -0.2) is 5.48 Å². The fourth-order valence-corrected chi connectivity index (χ4v) is 2.94. The first-order valence-electron chi connectivity index (χ1n) is 10.3. The second kappa shape index (κ2) is 13.9. The molecule has 0 bridgehead atoms. The van der Waals surface area contributed by atoms with Crippen LogP contribution in [0.2, 0.25) is 0 Å². The molecule has 0 radical (unpaired) electrons. The van der Waals surface area contributed by atoms with E-state index >= 15 is 0 Å². The van der Waals surface area contributed by atoms with Crippen molar-refractivity contribution in [2.24, 2.45) is 0 Å². The van der Waals surface area contributed by atoms with Gasteiger partial charge < -0.3 is 10.6 Å². The summed E-state index contributed by atoms with van der Waals surface area (Å²) in [6.07, 6.45) is 3.90. The molecule has 32 heavy (non-hydrogen) atoms. The van der Waals surface area contributed by atoms with Gasteiger partial charge in [0.15, 0.2) is 0 Å². The van der Waals surface area contributed by atoms with Gasteiger partial charge in [-0.05, 0) is 54.8 Å². The van der Waals surface area contributed by atoms with Crippen LogP contribution in [0.25, 0.3) is 0 Å². The van der Waals surface area contributed by atoms with Gasteiger partial charge in [0.25, 0.3) is 5.91 Å². The summed E-state index contributed by atoms with van der Waals surface area (Å²) in [5.74, 6) is -0.801. The number of hydrogen-bond donors (Lipinski definition) is 6. The van der Waals surface area contributed by atoms with E-state index < -0.39 is 5.91 Å². The van der Waals surface area contributed by atoms with E-state index in [4.69, 9.17) is 10.4 Å². The predicted octanol–water partition coefficient (Wildman–Crippen LogP) is 3.13. The molecule has 0 saturated carbocycles. The minimum Gasteiger partial charge on any atom is -0.326 e. The molecule has 0 fully saturated rings. The fraction of sp³-hybridized carbons (Fsp3) is 0.318. The van der Waals surface area contributed by atoms with Crippen LogP contribution in [0.5, 0.6) is 0 Å². The van der Waals surface area contributed by atoms with Crippen molar-refractivity contribution < 1.29 is 29.6 Å². The largest absolute Gasteiger partial charge is 0.326 e. The Kier molecular flexibility index (Phi) is 10.8. The number of benzene rings is 2. The van der Waals surface area contributed by atoms with Crippen LogP contribution < -0.4 is 21.8 Å². The second-order valence-corrected chi connectivity index (χ2v) is 7.11. The molecule has 0 unspecified atom stereocenters. The Morgan fingerprint density at radius 3 is 1.69 bits per heavy atom. The SMILES string of the molecule is O=C(CCCCCCC(=O)Nc1ccc(C(=O)NO)cc1)Nc1ccc(CONO)cc1. The standard InChI is InChI=1S/C22H28N4O6/c27-20(23-18-11-7-16(8-12-18)15-32-26-31)5-3-1-2-4-6-21(28)24-19-13-9-17(10-14-19)22(29)25-30/h7-14,26,30-31H,1-6,15H2,(H,23,27)(H,24,28)(H,25,29). The topological polar surface area (TPSA) is 149 Å². The highest BCUT2D eigenvalue weighted by Crippen LogP contribution is 2.13. The zero-order valence-electron chi connectivity index (χ0n) is 17.6. The first kappa shape index (κ1) is 25.0. The number of hydrogen-bond acceptors (Lipinski definition) is 7. The molecule has 0 atom stereocenters. The number of carbonyl (C=O) groups is 3. The van der Waals surface area contributed by atoms with E-state index in [0.717, 1.165) is 24.8 Å². The monoisotopic (exact) mass is 444 g/mol. The highest BCUT2D eigenvalue weighted by Gasteiger charge is 2.07. The van der Waals surface area contributed by atoms with Gasteiger partial charge in [-0.15, -0.1) is 0 Å². The van der Waals surface area contributed by atoms with Crippen LogP contribution >= 0.6 is 0 Å². The van der Waals surface area contributed by atoms with Gasteiger partial charge in [0, 0.05) is 29.8 Å². The Balaban J connectivity index is 1.56. The van der Waals surface area contributed by atoms with Crippen molar-refractivity contribution in [2.75, 3.05) is 10.6 Å². The molecule has 3 amide bonds. The average molecular weight is 444 g/mol. The molecule has 0 aliphatic heterocycles. The van der Waals surface area contributed by atoms with Crippen LogP contribution in [0.4, 0.5) is 11.4 Å². The van der Waals surface area contributed by atoms with Crippen molar-refractivity contribution in [2.45, 2.75) is 45.1 Å². The maximum Gasteiger partial charge on any atom is 0.274 e. The van der Waals surface area contributed by atoms with E-state index in [9.17, 15) is 14.4 Å². The van der Waals surface area contributed by atoms with E-state index in [-0.39, 0.29) is 24.0 Å². The third kappa shape index (κ3) is 9.23. The predicted molar refractivity (Wildman–Crippen MR) is 117 cm³/mol. The minimum absolute atomic E-state index is 0.0675. The van der Waals surface area contributed by atoms with Crippen molar-refractivity contribution in [3.63, 3.8) is 0 Å². The summed E-state index contributed by atoms with van der Waals surface area (Å²) in [6.45, 7) is 0.207. The van der Waals surface area contributed by atoms with Crippen LogP contribution in [0, 0.1) is 0 Å². The van der Waals surface area contributed by atoms with E-state index in [1.165, 1.54) is 12.1 Å². The molecule has 2 rings (SSSR count). The zero-order valence-corrected chi connectivity index (χ0v) is 17.6. The van der Waals surface area contributed by atoms with Gasteiger partial charge in [0.2, 0.25) is 11.8 Å². The lowest BCUT2D eigenvalue weighted by molar-refractivity contribution is -0.135. The van der Waals surface area contributed by atoms with Gasteiger partial charge in [-0.1, -0.05) is 30.6 Å². The second-order valence-electron chi connectivity index (χ2n) is 7.11. The van der Waals surface area contributed by atoms with Crippen LogP contribution in [-0.2, 0) is 21.0 Å². The average Bonchev–Trinajstić information content (AvgIpc) is 2.80. The van der Waals surface area contributed by atoms with Crippen molar-refractivity contribution in [3.05, 3.63) is 59.7 Å². The molecule has 2 aromatic carbocycles. The Morgan fingerprint density at radius 1 is 0.719 bits per heavy atom. The summed E-state index contributed by atoms with van der Waals surface area (Å²) < 4.78 is 0. The third-order valence-corrected chi connectivity index (χ3v) is 4.63. The zero-order chi connectivity index (χ0) is 23.2. The Bertz CT molecular complexity index is 871. The molecule has 10 heteroatoms. The molecule has 10 nitrogen and oxygen atoms in total. The van der Waals surface area contributed by atoms with E-state index in [1.807, 2.05) is 0 Å². The Morgan fingerprint density at radius 2 is 1.22 bits per heavy atom. The molecule has 2 aromatic rings. The van der Waals surface area contributed by atoms with E-state index in [0.29, 0.717) is 30.6 Å². The number of anilines is 2. The summed E-state index contributed by atoms with van der Waals surface area (Å²) in [5, 5.41) is 22.6. The molecule has 0 saturated heterocycles. The lowest BCUT2D eigenvalue weighted by Crippen LogP contribution is -2.18. The normalized spacial score (nSPS) is 10.4. The van der Waals surface area contributed by atoms with Crippen molar-refractivity contribution >= 4 is 29.1 Å². The summed E-state index contributed by atoms with van der Waals surface area (Å²) >= 11 is 0. The summed E-state index contributed by atoms with van der Waals surface area (Å²) in [6, 6.07) is 13.3. The lowest BCUT2D eigenvalue weighted by atomic mass is 10.1. The number of amides is 3. The molecule has 0 aliphatic carbocycles. The van der Waals surface area contributed by atoms with Gasteiger partial charge in [0.05, 0.1) is 6.61 Å². The summed E-state index contributed by atoms with van der Waals surface area (Å²) in [7, 11) is 0. The first-order chi connectivity index (χ1) is 15.5. The van der Waals surface area contributed by atoms with Crippen LogP contribution in [0.3, 0.4) is 0 Å². The Hall–Kier alpha value is -3.31. The third-order valence-electron chi connectivity index (χ3n) is 4.63. The number of unbranched alkanes of at least 4 members (excludes halogenated alkanes) is 3. The quantitative estimate of drug-likeness (QED) is 0.158. The lowest BCUT2D eigenvalue weighted by Gasteiger charge is -2.07. The fourth-order valence-electron chi connectivity index (χ4n) is 2.94. The van der Waals surface area contributed by atoms with Gasteiger partial charge >= 0.3 is 0 Å². The molecule has 0 aliphatic rings. The van der Waals surface area contributed by atoms with Gasteiger partial charge in [-0.2, -0.15) is 0 Å². The molecular formula is C22H28N4O6. The van der Waals surface area contributed by atoms with Crippen LogP contribution in [0.15, 0.2) is 48.5 Å². The molecular weight excluding hydrogens is 416 g/mol. The highest BCUT2D eigenvalue weighted by molar-refractivity contribution is 5.95. The van der Waals surface area contributed by atoms with E-state index in [2.05, 4.69) is 15.5 Å². The Labute approximate surface area is 185 Å². The van der Waals surface area contributed by atoms with E-state index in [1.54, 1.807) is 47.5 Å². The number of carbonyl (C=O) groups excluding carboxylic acids is 3. The van der Waals surface area contributed by atoms with Crippen LogP contribution in [0.1, 0.15) is 54.4 Å². The molecule has 172 valence electrons. The van der Waals surface area contributed by atoms with Crippen molar-refractivity contribution in [1.82, 2.24) is 11.1 Å².